The van der Waals surface area contributed by atoms with E-state index in [2.05, 4.69) is 10.5 Å². The van der Waals surface area contributed by atoms with E-state index in [1.807, 2.05) is 19.1 Å². The van der Waals surface area contributed by atoms with Crippen molar-refractivity contribution in [3.05, 3.63) is 52.5 Å². The molecule has 0 unspecified atom stereocenters. The lowest BCUT2D eigenvalue weighted by molar-refractivity contribution is 0.0954. The number of halogens is 1. The SMILES string of the molecule is CCC/C(=N/NC(=O)c1cc(OC)c(OC)c(OC)c1)c1ccc(Cl)cc1. The van der Waals surface area contributed by atoms with Crippen LogP contribution in [-0.2, 0) is 0 Å². The van der Waals surface area contributed by atoms with Crippen molar-refractivity contribution in [2.45, 2.75) is 19.8 Å². The average molecular weight is 391 g/mol. The number of hydrazone groups is 1. The van der Waals surface area contributed by atoms with Crippen LogP contribution in [0.4, 0.5) is 0 Å². The van der Waals surface area contributed by atoms with E-state index >= 15 is 0 Å². The summed E-state index contributed by atoms with van der Waals surface area (Å²) in [7, 11) is 4.50. The van der Waals surface area contributed by atoms with E-state index < -0.39 is 0 Å². The fraction of sp³-hybridized carbons (Fsp3) is 0.300. The minimum Gasteiger partial charge on any atom is -0.493 e. The summed E-state index contributed by atoms with van der Waals surface area (Å²) < 4.78 is 15.8. The van der Waals surface area contributed by atoms with Gasteiger partial charge in [0.05, 0.1) is 27.0 Å². The highest BCUT2D eigenvalue weighted by atomic mass is 35.5. The molecule has 27 heavy (non-hydrogen) atoms. The Balaban J connectivity index is 2.29. The monoisotopic (exact) mass is 390 g/mol. The lowest BCUT2D eigenvalue weighted by Gasteiger charge is -2.13. The van der Waals surface area contributed by atoms with E-state index in [4.69, 9.17) is 25.8 Å². The lowest BCUT2D eigenvalue weighted by atomic mass is 10.1. The summed E-state index contributed by atoms with van der Waals surface area (Å²) in [4.78, 5) is 12.6. The number of ether oxygens (including phenoxy) is 3. The molecule has 2 aromatic carbocycles. The molecule has 2 rings (SSSR count). The summed E-state index contributed by atoms with van der Waals surface area (Å²) in [6, 6.07) is 10.5. The minimum atomic E-state index is -0.378. The van der Waals surface area contributed by atoms with Crippen LogP contribution in [0.5, 0.6) is 17.2 Å². The number of nitrogens with zero attached hydrogens (tertiary/aromatic N) is 1. The first-order valence-electron chi connectivity index (χ1n) is 8.46. The third-order valence-electron chi connectivity index (χ3n) is 3.88. The molecule has 0 spiro atoms. The molecule has 0 saturated carbocycles. The second kappa shape index (κ2) is 9.83. The first-order chi connectivity index (χ1) is 13.0. The predicted octanol–water partition coefficient (Wildman–Crippen LogP) is 4.30. The molecule has 0 aliphatic carbocycles. The maximum atomic E-state index is 12.6. The molecule has 0 fully saturated rings. The Hall–Kier alpha value is -2.73. The quantitative estimate of drug-likeness (QED) is 0.539. The molecule has 1 N–H and O–H groups in total. The Kier molecular flexibility index (Phi) is 7.49. The third kappa shape index (κ3) is 5.14. The van der Waals surface area contributed by atoms with E-state index in [0.717, 1.165) is 24.1 Å². The zero-order valence-corrected chi connectivity index (χ0v) is 16.6. The van der Waals surface area contributed by atoms with Crippen LogP contribution in [0.2, 0.25) is 5.02 Å². The molecular weight excluding hydrogens is 368 g/mol. The number of benzene rings is 2. The van der Waals surface area contributed by atoms with Gasteiger partial charge in [0.25, 0.3) is 5.91 Å². The second-order valence-corrected chi connectivity index (χ2v) is 6.11. The van der Waals surface area contributed by atoms with Gasteiger partial charge in [-0.2, -0.15) is 5.10 Å². The zero-order valence-electron chi connectivity index (χ0n) is 15.8. The molecule has 6 nitrogen and oxygen atoms in total. The highest BCUT2D eigenvalue weighted by molar-refractivity contribution is 6.30. The van der Waals surface area contributed by atoms with Gasteiger partial charge in [-0.1, -0.05) is 37.1 Å². The summed E-state index contributed by atoms with van der Waals surface area (Å²) in [6.45, 7) is 2.05. The van der Waals surface area contributed by atoms with E-state index in [1.54, 1.807) is 24.3 Å². The molecule has 1 amide bonds. The van der Waals surface area contributed by atoms with Gasteiger partial charge in [-0.3, -0.25) is 4.79 Å². The Bertz CT molecular complexity index is 794. The van der Waals surface area contributed by atoms with Gasteiger partial charge in [-0.25, -0.2) is 5.43 Å². The van der Waals surface area contributed by atoms with E-state index in [1.165, 1.54) is 21.3 Å². The van der Waals surface area contributed by atoms with Gasteiger partial charge in [0.1, 0.15) is 0 Å². The van der Waals surface area contributed by atoms with Crippen molar-refractivity contribution in [1.82, 2.24) is 5.43 Å². The molecule has 0 atom stereocenters. The van der Waals surface area contributed by atoms with Crippen molar-refractivity contribution in [2.75, 3.05) is 21.3 Å². The van der Waals surface area contributed by atoms with Gasteiger partial charge >= 0.3 is 0 Å². The number of carbonyl (C=O) groups is 1. The summed E-state index contributed by atoms with van der Waals surface area (Å²) in [5, 5.41) is 4.95. The van der Waals surface area contributed by atoms with Gasteiger partial charge < -0.3 is 14.2 Å². The number of hydrogen-bond acceptors (Lipinski definition) is 5. The zero-order chi connectivity index (χ0) is 19.8. The number of rotatable bonds is 8. The van der Waals surface area contributed by atoms with E-state index in [0.29, 0.717) is 27.8 Å². The molecule has 0 aliphatic rings. The average Bonchev–Trinajstić information content (AvgIpc) is 2.70. The standard InChI is InChI=1S/C20H23ClN2O4/c1-5-6-16(13-7-9-15(21)10-8-13)22-23-20(24)14-11-17(25-2)19(27-4)18(12-14)26-3/h7-12H,5-6H2,1-4H3,(H,23,24)/b22-16-. The predicted molar refractivity (Wildman–Crippen MR) is 106 cm³/mol. The third-order valence-corrected chi connectivity index (χ3v) is 4.14. The molecule has 0 aliphatic heterocycles. The Morgan fingerprint density at radius 3 is 2.07 bits per heavy atom. The highest BCUT2D eigenvalue weighted by Gasteiger charge is 2.17. The van der Waals surface area contributed by atoms with Crippen molar-refractivity contribution in [2.24, 2.45) is 5.10 Å². The maximum absolute atomic E-state index is 12.6. The van der Waals surface area contributed by atoms with Crippen molar-refractivity contribution < 1.29 is 19.0 Å². The first-order valence-corrected chi connectivity index (χ1v) is 8.84. The van der Waals surface area contributed by atoms with Crippen molar-refractivity contribution in [1.29, 1.82) is 0 Å². The number of nitrogens with one attached hydrogen (secondary N) is 1. The van der Waals surface area contributed by atoms with Crippen LogP contribution in [-0.4, -0.2) is 32.9 Å². The van der Waals surface area contributed by atoms with Crippen LogP contribution in [0.15, 0.2) is 41.5 Å². The number of methoxy groups -OCH3 is 3. The molecule has 0 bridgehead atoms. The largest absolute Gasteiger partial charge is 0.493 e. The number of carbonyl (C=O) groups excluding carboxylic acids is 1. The Morgan fingerprint density at radius 1 is 1.00 bits per heavy atom. The fourth-order valence-corrected chi connectivity index (χ4v) is 2.66. The molecule has 0 heterocycles. The Morgan fingerprint density at radius 2 is 1.59 bits per heavy atom. The maximum Gasteiger partial charge on any atom is 0.271 e. The first kappa shape index (κ1) is 20.6. The second-order valence-electron chi connectivity index (χ2n) is 5.67. The molecule has 144 valence electrons. The number of amides is 1. The van der Waals surface area contributed by atoms with Gasteiger partial charge in [0.2, 0.25) is 5.75 Å². The summed E-state index contributed by atoms with van der Waals surface area (Å²) >= 11 is 5.94. The van der Waals surface area contributed by atoms with Crippen LogP contribution < -0.4 is 19.6 Å². The molecule has 0 aromatic heterocycles. The fourth-order valence-electron chi connectivity index (χ4n) is 2.54. The minimum absolute atomic E-state index is 0.347. The molecule has 0 radical (unpaired) electrons. The van der Waals surface area contributed by atoms with Crippen molar-refractivity contribution in [3.63, 3.8) is 0 Å². The van der Waals surface area contributed by atoms with Gasteiger partial charge in [0.15, 0.2) is 11.5 Å². The smallest absolute Gasteiger partial charge is 0.271 e. The summed E-state index contributed by atoms with van der Waals surface area (Å²) in [5.74, 6) is 0.847. The van der Waals surface area contributed by atoms with Crippen LogP contribution in [0.3, 0.4) is 0 Å². The van der Waals surface area contributed by atoms with E-state index in [9.17, 15) is 4.79 Å². The topological polar surface area (TPSA) is 69.2 Å². The van der Waals surface area contributed by atoms with Gasteiger partial charge in [0, 0.05) is 10.6 Å². The highest BCUT2D eigenvalue weighted by Crippen LogP contribution is 2.38. The lowest BCUT2D eigenvalue weighted by Crippen LogP contribution is -2.20. The molecular formula is C20H23ClN2O4. The van der Waals surface area contributed by atoms with E-state index in [-0.39, 0.29) is 5.91 Å². The van der Waals surface area contributed by atoms with Crippen LogP contribution >= 0.6 is 11.6 Å². The molecule has 7 heteroatoms. The summed E-state index contributed by atoms with van der Waals surface area (Å²) in [6.07, 6.45) is 1.61. The summed E-state index contributed by atoms with van der Waals surface area (Å²) in [5.41, 5.74) is 4.63. The normalized spacial score (nSPS) is 11.1. The van der Waals surface area contributed by atoms with Gasteiger partial charge in [-0.05, 0) is 36.2 Å². The molecule has 0 saturated heterocycles. The van der Waals surface area contributed by atoms with Crippen LogP contribution in [0.1, 0.15) is 35.7 Å². The van der Waals surface area contributed by atoms with Crippen LogP contribution in [0, 0.1) is 0 Å². The Labute approximate surface area is 164 Å². The van der Waals surface area contributed by atoms with Crippen LogP contribution in [0.25, 0.3) is 0 Å². The van der Waals surface area contributed by atoms with Gasteiger partial charge in [-0.15, -0.1) is 0 Å². The molecule has 2 aromatic rings. The van der Waals surface area contributed by atoms with Crippen molar-refractivity contribution in [3.8, 4) is 17.2 Å². The number of hydrogen-bond donors (Lipinski definition) is 1. The van der Waals surface area contributed by atoms with Crippen molar-refractivity contribution >= 4 is 23.2 Å².